The molecule has 0 aliphatic carbocycles. The first-order valence-electron chi connectivity index (χ1n) is 6.06. The Bertz CT molecular complexity index is 315. The van der Waals surface area contributed by atoms with Crippen molar-refractivity contribution in [3.8, 4) is 5.75 Å². The molecule has 1 aromatic rings. The van der Waals surface area contributed by atoms with Crippen molar-refractivity contribution in [2.24, 2.45) is 5.92 Å². The van der Waals surface area contributed by atoms with Crippen LogP contribution in [0.2, 0.25) is 0 Å². The van der Waals surface area contributed by atoms with E-state index in [-0.39, 0.29) is 0 Å². The highest BCUT2D eigenvalue weighted by molar-refractivity contribution is 9.09. The molecule has 0 saturated carbocycles. The highest BCUT2D eigenvalue weighted by Gasteiger charge is 2.08. The van der Waals surface area contributed by atoms with E-state index in [2.05, 4.69) is 28.1 Å². The lowest BCUT2D eigenvalue weighted by molar-refractivity contribution is 0.134. The Labute approximate surface area is 112 Å². The molecule has 0 amide bonds. The van der Waals surface area contributed by atoms with Gasteiger partial charge in [-0.25, -0.2) is 0 Å². The minimum absolute atomic E-state index is 0.619. The summed E-state index contributed by atoms with van der Waals surface area (Å²) in [5.74, 6) is 1.55. The number of halogens is 1. The van der Waals surface area contributed by atoms with E-state index in [0.29, 0.717) is 5.92 Å². The number of benzene rings is 1. The maximum atomic E-state index is 5.40. The summed E-state index contributed by atoms with van der Waals surface area (Å²) in [7, 11) is 1.70. The van der Waals surface area contributed by atoms with Crippen LogP contribution in [0.5, 0.6) is 5.75 Å². The molecule has 1 unspecified atom stereocenters. The van der Waals surface area contributed by atoms with Gasteiger partial charge < -0.3 is 9.47 Å². The van der Waals surface area contributed by atoms with Gasteiger partial charge in [0.15, 0.2) is 0 Å². The zero-order valence-electron chi connectivity index (χ0n) is 10.6. The maximum absolute atomic E-state index is 5.40. The molecule has 2 nitrogen and oxygen atoms in total. The Morgan fingerprint density at radius 3 is 2.82 bits per heavy atom. The van der Waals surface area contributed by atoms with Crippen molar-refractivity contribution < 1.29 is 9.47 Å². The molecule has 96 valence electrons. The third kappa shape index (κ3) is 5.55. The van der Waals surface area contributed by atoms with Crippen LogP contribution < -0.4 is 4.74 Å². The SMILES string of the molecule is CCOCCC(CBr)Cc1cccc(OC)c1. The molecule has 0 saturated heterocycles. The summed E-state index contributed by atoms with van der Waals surface area (Å²) in [6, 6.07) is 8.28. The van der Waals surface area contributed by atoms with Gasteiger partial charge in [0.1, 0.15) is 5.75 Å². The van der Waals surface area contributed by atoms with Crippen LogP contribution in [0, 0.1) is 5.92 Å². The van der Waals surface area contributed by atoms with Gasteiger partial charge in [-0.15, -0.1) is 0 Å². The molecule has 0 bridgehead atoms. The Hall–Kier alpha value is -0.540. The first-order chi connectivity index (χ1) is 8.30. The Kier molecular flexibility index (Phi) is 7.29. The predicted molar refractivity (Wildman–Crippen MR) is 75.1 cm³/mol. The molecule has 0 aromatic heterocycles. The van der Waals surface area contributed by atoms with Crippen LogP contribution in [0.25, 0.3) is 0 Å². The van der Waals surface area contributed by atoms with Crippen molar-refractivity contribution in [2.45, 2.75) is 19.8 Å². The number of ether oxygens (including phenoxy) is 2. The number of hydrogen-bond donors (Lipinski definition) is 0. The summed E-state index contributed by atoms with van der Waals surface area (Å²) in [5.41, 5.74) is 1.32. The lowest BCUT2D eigenvalue weighted by atomic mass is 9.98. The Morgan fingerprint density at radius 2 is 2.18 bits per heavy atom. The average Bonchev–Trinajstić information content (AvgIpc) is 2.38. The van der Waals surface area contributed by atoms with Crippen LogP contribution in [0.3, 0.4) is 0 Å². The number of alkyl halides is 1. The zero-order valence-corrected chi connectivity index (χ0v) is 12.2. The molecule has 0 radical (unpaired) electrons. The zero-order chi connectivity index (χ0) is 12.5. The van der Waals surface area contributed by atoms with Gasteiger partial charge in [0.2, 0.25) is 0 Å². The molecule has 0 fully saturated rings. The van der Waals surface area contributed by atoms with Crippen LogP contribution in [0.15, 0.2) is 24.3 Å². The second kappa shape index (κ2) is 8.54. The topological polar surface area (TPSA) is 18.5 Å². The first kappa shape index (κ1) is 14.5. The highest BCUT2D eigenvalue weighted by atomic mass is 79.9. The van der Waals surface area contributed by atoms with Gasteiger partial charge in [-0.05, 0) is 43.4 Å². The molecule has 3 heteroatoms. The molecule has 0 aliphatic heterocycles. The fourth-order valence-corrected chi connectivity index (χ4v) is 2.31. The van der Waals surface area contributed by atoms with Gasteiger partial charge in [-0.2, -0.15) is 0 Å². The molecule has 1 atom stereocenters. The third-order valence-corrected chi connectivity index (χ3v) is 3.67. The number of rotatable bonds is 8. The summed E-state index contributed by atoms with van der Waals surface area (Å²) < 4.78 is 10.6. The van der Waals surface area contributed by atoms with Gasteiger partial charge in [0, 0.05) is 18.5 Å². The van der Waals surface area contributed by atoms with E-state index < -0.39 is 0 Å². The summed E-state index contributed by atoms with van der Waals surface area (Å²) >= 11 is 3.57. The van der Waals surface area contributed by atoms with Gasteiger partial charge >= 0.3 is 0 Å². The van der Waals surface area contributed by atoms with E-state index in [1.54, 1.807) is 7.11 Å². The molecular weight excluding hydrogens is 280 g/mol. The predicted octanol–water partition coefficient (Wildman–Crippen LogP) is 3.68. The molecule has 1 rings (SSSR count). The molecule has 0 heterocycles. The second-order valence-corrected chi connectivity index (χ2v) is 4.71. The van der Waals surface area contributed by atoms with Crippen LogP contribution in [-0.4, -0.2) is 25.7 Å². The van der Waals surface area contributed by atoms with Crippen molar-refractivity contribution >= 4 is 15.9 Å². The molecular formula is C14H21BrO2. The summed E-state index contributed by atoms with van der Waals surface area (Å²) in [5, 5.41) is 1.01. The van der Waals surface area contributed by atoms with E-state index in [1.807, 2.05) is 19.1 Å². The second-order valence-electron chi connectivity index (χ2n) is 4.06. The largest absolute Gasteiger partial charge is 0.497 e. The van der Waals surface area contributed by atoms with Crippen molar-refractivity contribution in [1.29, 1.82) is 0 Å². The maximum Gasteiger partial charge on any atom is 0.119 e. The number of hydrogen-bond acceptors (Lipinski definition) is 2. The van der Waals surface area contributed by atoms with E-state index >= 15 is 0 Å². The van der Waals surface area contributed by atoms with Gasteiger partial charge in [-0.1, -0.05) is 28.1 Å². The van der Waals surface area contributed by atoms with Crippen molar-refractivity contribution in [2.75, 3.05) is 25.7 Å². The molecule has 0 aliphatic rings. The van der Waals surface area contributed by atoms with Gasteiger partial charge in [-0.3, -0.25) is 0 Å². The molecule has 17 heavy (non-hydrogen) atoms. The van der Waals surface area contributed by atoms with Gasteiger partial charge in [0.25, 0.3) is 0 Å². The van der Waals surface area contributed by atoms with Crippen molar-refractivity contribution in [3.63, 3.8) is 0 Å². The average molecular weight is 301 g/mol. The minimum Gasteiger partial charge on any atom is -0.497 e. The Morgan fingerprint density at radius 1 is 1.35 bits per heavy atom. The normalized spacial score (nSPS) is 12.4. The molecule has 0 N–H and O–H groups in total. The lowest BCUT2D eigenvalue weighted by Gasteiger charge is -2.14. The monoisotopic (exact) mass is 300 g/mol. The van der Waals surface area contributed by atoms with E-state index in [9.17, 15) is 0 Å². The summed E-state index contributed by atoms with van der Waals surface area (Å²) in [6.45, 7) is 3.68. The van der Waals surface area contributed by atoms with Crippen LogP contribution in [0.4, 0.5) is 0 Å². The standard InChI is InChI=1S/C14H21BrO2/c1-3-17-8-7-13(11-15)9-12-5-4-6-14(10-12)16-2/h4-6,10,13H,3,7-9,11H2,1-2H3. The van der Waals surface area contributed by atoms with Crippen LogP contribution >= 0.6 is 15.9 Å². The van der Waals surface area contributed by atoms with Crippen molar-refractivity contribution in [1.82, 2.24) is 0 Å². The van der Waals surface area contributed by atoms with Crippen LogP contribution in [0.1, 0.15) is 18.9 Å². The van der Waals surface area contributed by atoms with E-state index in [4.69, 9.17) is 9.47 Å². The fourth-order valence-electron chi connectivity index (χ4n) is 1.76. The smallest absolute Gasteiger partial charge is 0.119 e. The third-order valence-electron chi connectivity index (χ3n) is 2.75. The molecule has 0 spiro atoms. The van der Waals surface area contributed by atoms with Gasteiger partial charge in [0.05, 0.1) is 7.11 Å². The Balaban J connectivity index is 2.48. The quantitative estimate of drug-likeness (QED) is 0.539. The van der Waals surface area contributed by atoms with Crippen molar-refractivity contribution in [3.05, 3.63) is 29.8 Å². The molecule has 1 aromatic carbocycles. The van der Waals surface area contributed by atoms with E-state index in [0.717, 1.165) is 37.1 Å². The van der Waals surface area contributed by atoms with Crippen LogP contribution in [-0.2, 0) is 11.2 Å². The summed E-state index contributed by atoms with van der Waals surface area (Å²) in [6.07, 6.45) is 2.16. The first-order valence-corrected chi connectivity index (χ1v) is 7.19. The minimum atomic E-state index is 0.619. The lowest BCUT2D eigenvalue weighted by Crippen LogP contribution is -2.10. The fraction of sp³-hybridized carbons (Fsp3) is 0.571. The highest BCUT2D eigenvalue weighted by Crippen LogP contribution is 2.19. The summed E-state index contributed by atoms with van der Waals surface area (Å²) in [4.78, 5) is 0. The van der Waals surface area contributed by atoms with E-state index in [1.165, 1.54) is 5.56 Å². The number of methoxy groups -OCH3 is 1.